The molecular weight excluding hydrogens is 264 g/mol. The molecule has 0 aromatic heterocycles. The molecule has 0 saturated carbocycles. The molecule has 100 valence electrons. The van der Waals surface area contributed by atoms with E-state index >= 15 is 0 Å². The van der Waals surface area contributed by atoms with Gasteiger partial charge in [-0.1, -0.05) is 12.1 Å². The molecule has 1 aliphatic rings. The fraction of sp³-hybridized carbons (Fsp3) is 0.0667. The largest absolute Gasteiger partial charge is 0.618 e. The number of ketones is 1. The van der Waals surface area contributed by atoms with Crippen molar-refractivity contribution < 1.29 is 18.3 Å². The summed E-state index contributed by atoms with van der Waals surface area (Å²) in [6, 6.07) is 7.89. The van der Waals surface area contributed by atoms with E-state index in [-0.39, 0.29) is 17.0 Å². The summed E-state index contributed by atoms with van der Waals surface area (Å²) in [5.74, 6) is -2.59. The summed E-state index contributed by atoms with van der Waals surface area (Å²) in [6.07, 6.45) is 0. The Balaban J connectivity index is 2.21. The van der Waals surface area contributed by atoms with Gasteiger partial charge in [0.05, 0.1) is 5.56 Å². The van der Waals surface area contributed by atoms with Crippen molar-refractivity contribution in [3.63, 3.8) is 0 Å². The van der Waals surface area contributed by atoms with Crippen LogP contribution in [0, 0.1) is 23.8 Å². The minimum Gasteiger partial charge on any atom is -0.618 e. The van der Waals surface area contributed by atoms with Gasteiger partial charge >= 0.3 is 0 Å². The number of nitrogens with zero attached hydrogens (tertiary/aromatic N) is 1. The van der Waals surface area contributed by atoms with Crippen LogP contribution in [0.3, 0.4) is 0 Å². The first-order chi connectivity index (χ1) is 9.50. The second kappa shape index (κ2) is 4.23. The molecular formula is C15H9F2NO2. The Kier molecular flexibility index (Phi) is 2.64. The third-order valence-electron chi connectivity index (χ3n) is 3.31. The SMILES string of the molecule is Cc1cccc2c1C(=O)C(c1ccc(F)c(F)c1)=[N+]2[O-]. The molecule has 0 aliphatic carbocycles. The van der Waals surface area contributed by atoms with E-state index in [1.807, 2.05) is 0 Å². The highest BCUT2D eigenvalue weighted by atomic mass is 19.2. The number of aryl methyl sites for hydroxylation is 1. The van der Waals surface area contributed by atoms with Gasteiger partial charge < -0.3 is 5.21 Å². The molecule has 5 heteroatoms. The molecule has 2 aromatic rings. The second-order valence-corrected chi connectivity index (χ2v) is 4.57. The maximum absolute atomic E-state index is 13.3. The maximum atomic E-state index is 13.3. The van der Waals surface area contributed by atoms with Gasteiger partial charge in [-0.15, -0.1) is 0 Å². The van der Waals surface area contributed by atoms with Gasteiger partial charge in [0.15, 0.2) is 11.6 Å². The van der Waals surface area contributed by atoms with Crippen LogP contribution in [0.1, 0.15) is 21.5 Å². The van der Waals surface area contributed by atoms with Crippen molar-refractivity contribution in [1.82, 2.24) is 0 Å². The molecule has 3 rings (SSSR count). The van der Waals surface area contributed by atoms with Crippen molar-refractivity contribution in [2.75, 3.05) is 0 Å². The van der Waals surface area contributed by atoms with Gasteiger partial charge in [-0.25, -0.2) is 8.78 Å². The first-order valence-corrected chi connectivity index (χ1v) is 5.94. The topological polar surface area (TPSA) is 43.1 Å². The average molecular weight is 273 g/mol. The van der Waals surface area contributed by atoms with Crippen LogP contribution in [0.4, 0.5) is 14.5 Å². The minimum absolute atomic E-state index is 0.0690. The number of hydrogen-bond acceptors (Lipinski definition) is 2. The lowest BCUT2D eigenvalue weighted by atomic mass is 9.99. The van der Waals surface area contributed by atoms with Crippen LogP contribution < -0.4 is 0 Å². The molecule has 0 N–H and O–H groups in total. The van der Waals surface area contributed by atoms with Crippen molar-refractivity contribution in [1.29, 1.82) is 0 Å². The van der Waals surface area contributed by atoms with Gasteiger partial charge in [-0.2, -0.15) is 4.74 Å². The van der Waals surface area contributed by atoms with E-state index in [4.69, 9.17) is 0 Å². The predicted molar refractivity (Wildman–Crippen MR) is 69.3 cm³/mol. The van der Waals surface area contributed by atoms with Gasteiger partial charge in [-0.3, -0.25) is 4.79 Å². The number of halogens is 2. The maximum Gasteiger partial charge on any atom is 0.273 e. The van der Waals surface area contributed by atoms with Crippen LogP contribution >= 0.6 is 0 Å². The van der Waals surface area contributed by atoms with Crippen molar-refractivity contribution >= 4 is 17.2 Å². The molecule has 0 fully saturated rings. The summed E-state index contributed by atoms with van der Waals surface area (Å²) in [4.78, 5) is 12.3. The first-order valence-electron chi connectivity index (χ1n) is 5.94. The number of Topliss-reactive ketones (excluding diaryl/α,β-unsaturated/α-hetero) is 1. The fourth-order valence-electron chi connectivity index (χ4n) is 2.34. The van der Waals surface area contributed by atoms with Crippen molar-refractivity contribution in [2.45, 2.75) is 6.92 Å². The zero-order chi connectivity index (χ0) is 14.4. The highest BCUT2D eigenvalue weighted by molar-refractivity contribution is 6.52. The molecule has 0 atom stereocenters. The van der Waals surface area contributed by atoms with Crippen LogP contribution in [-0.2, 0) is 0 Å². The van der Waals surface area contributed by atoms with E-state index in [1.54, 1.807) is 19.1 Å². The van der Waals surface area contributed by atoms with E-state index in [2.05, 4.69) is 0 Å². The number of hydrogen-bond donors (Lipinski definition) is 0. The van der Waals surface area contributed by atoms with Gasteiger partial charge in [0.2, 0.25) is 5.69 Å². The van der Waals surface area contributed by atoms with Gasteiger partial charge in [0, 0.05) is 6.07 Å². The molecule has 20 heavy (non-hydrogen) atoms. The predicted octanol–water partition coefficient (Wildman–Crippen LogP) is 3.10. The summed E-state index contributed by atoms with van der Waals surface area (Å²) >= 11 is 0. The summed E-state index contributed by atoms with van der Waals surface area (Å²) < 4.78 is 26.7. The number of carbonyl (C=O) groups excluding carboxylic acids is 1. The van der Waals surface area contributed by atoms with E-state index in [0.29, 0.717) is 15.9 Å². The second-order valence-electron chi connectivity index (χ2n) is 4.57. The number of rotatable bonds is 1. The molecule has 0 radical (unpaired) electrons. The monoisotopic (exact) mass is 273 g/mol. The fourth-order valence-corrected chi connectivity index (χ4v) is 2.34. The lowest BCUT2D eigenvalue weighted by Crippen LogP contribution is -2.17. The van der Waals surface area contributed by atoms with Crippen LogP contribution in [0.15, 0.2) is 36.4 Å². The highest BCUT2D eigenvalue weighted by Crippen LogP contribution is 2.30. The normalized spacial score (nSPS) is 13.8. The lowest BCUT2D eigenvalue weighted by molar-refractivity contribution is -0.355. The third kappa shape index (κ3) is 1.63. The van der Waals surface area contributed by atoms with Crippen molar-refractivity contribution in [3.8, 4) is 0 Å². The molecule has 0 spiro atoms. The zero-order valence-electron chi connectivity index (χ0n) is 10.5. The molecule has 0 saturated heterocycles. The Bertz CT molecular complexity index is 781. The number of fused-ring (bicyclic) bond motifs is 1. The Morgan fingerprint density at radius 2 is 1.85 bits per heavy atom. The zero-order valence-corrected chi connectivity index (χ0v) is 10.5. The van der Waals surface area contributed by atoms with Gasteiger partial charge in [0.1, 0.15) is 5.56 Å². The van der Waals surface area contributed by atoms with Crippen LogP contribution in [0.25, 0.3) is 0 Å². The van der Waals surface area contributed by atoms with E-state index < -0.39 is 17.4 Å². The van der Waals surface area contributed by atoms with Crippen molar-refractivity contribution in [2.24, 2.45) is 0 Å². The molecule has 0 amide bonds. The summed E-state index contributed by atoms with van der Waals surface area (Å²) in [6.45, 7) is 1.72. The van der Waals surface area contributed by atoms with E-state index in [0.717, 1.165) is 12.1 Å². The molecule has 0 unspecified atom stereocenters. The van der Waals surface area contributed by atoms with Crippen LogP contribution in [0.5, 0.6) is 0 Å². The first kappa shape index (κ1) is 12.5. The smallest absolute Gasteiger partial charge is 0.273 e. The Hall–Kier alpha value is -2.56. The van der Waals surface area contributed by atoms with Crippen LogP contribution in [0.2, 0.25) is 0 Å². The Labute approximate surface area is 113 Å². The third-order valence-corrected chi connectivity index (χ3v) is 3.31. The average Bonchev–Trinajstić information content (AvgIpc) is 2.67. The Morgan fingerprint density at radius 1 is 1.10 bits per heavy atom. The van der Waals surface area contributed by atoms with E-state index in [1.165, 1.54) is 12.1 Å². The van der Waals surface area contributed by atoms with Gasteiger partial charge in [-0.05, 0) is 30.7 Å². The lowest BCUT2D eigenvalue weighted by Gasteiger charge is -2.02. The highest BCUT2D eigenvalue weighted by Gasteiger charge is 2.37. The standard InChI is InChI=1S/C15H9F2NO2/c1-8-3-2-4-12-13(8)15(19)14(18(12)20)9-5-6-10(16)11(17)7-9/h2-7H,1H3. The molecule has 1 heterocycles. The quantitative estimate of drug-likeness (QED) is 0.592. The molecule has 1 aliphatic heterocycles. The number of carbonyl (C=O) groups is 1. The van der Waals surface area contributed by atoms with Crippen LogP contribution in [-0.4, -0.2) is 16.2 Å². The molecule has 2 aromatic carbocycles. The Morgan fingerprint density at radius 3 is 2.50 bits per heavy atom. The van der Waals surface area contributed by atoms with Crippen molar-refractivity contribution in [3.05, 3.63) is 69.9 Å². The minimum atomic E-state index is -1.09. The van der Waals surface area contributed by atoms with E-state index in [9.17, 15) is 18.8 Å². The molecule has 0 bridgehead atoms. The summed E-state index contributed by atoms with van der Waals surface area (Å²) in [7, 11) is 0. The van der Waals surface area contributed by atoms with Gasteiger partial charge in [0.25, 0.3) is 11.5 Å². The number of benzene rings is 2. The summed E-state index contributed by atoms with van der Waals surface area (Å²) in [5.41, 5.74) is 1.09. The molecule has 3 nitrogen and oxygen atoms in total. The summed E-state index contributed by atoms with van der Waals surface area (Å²) in [5, 5.41) is 12.2.